The number of carbonyl (C=O) groups excluding carboxylic acids is 2. The predicted octanol–water partition coefficient (Wildman–Crippen LogP) is 5.93. The molecular weight excluding hydrogens is 423 g/mol. The lowest BCUT2D eigenvalue weighted by molar-refractivity contribution is -0.144. The van der Waals surface area contributed by atoms with Gasteiger partial charge in [0.25, 0.3) is 0 Å². The zero-order valence-corrected chi connectivity index (χ0v) is 20.3. The van der Waals surface area contributed by atoms with Gasteiger partial charge in [0, 0.05) is 23.4 Å². The molecule has 0 aliphatic heterocycles. The van der Waals surface area contributed by atoms with Crippen molar-refractivity contribution in [2.24, 2.45) is 5.92 Å². The summed E-state index contributed by atoms with van der Waals surface area (Å²) >= 11 is 1.64. The lowest BCUT2D eigenvalue weighted by atomic mass is 9.97. The lowest BCUT2D eigenvalue weighted by Gasteiger charge is -2.30. The molecule has 0 radical (unpaired) electrons. The molecule has 1 aliphatic carbocycles. The van der Waals surface area contributed by atoms with Crippen LogP contribution in [0.5, 0.6) is 0 Å². The first-order chi connectivity index (χ1) is 15.4. The van der Waals surface area contributed by atoms with Crippen molar-refractivity contribution >= 4 is 23.2 Å². The Hall–Kier alpha value is -2.21. The van der Waals surface area contributed by atoms with E-state index in [9.17, 15) is 14.0 Å². The molecule has 3 rings (SSSR count). The Balaban J connectivity index is 1.76. The van der Waals surface area contributed by atoms with E-state index in [1.807, 2.05) is 22.1 Å². The molecule has 1 atom stereocenters. The van der Waals surface area contributed by atoms with Crippen LogP contribution in [0.2, 0.25) is 0 Å². The highest BCUT2D eigenvalue weighted by molar-refractivity contribution is 7.10. The van der Waals surface area contributed by atoms with Crippen molar-refractivity contribution in [1.29, 1.82) is 0 Å². The molecular formula is C26H35FN2O2S. The van der Waals surface area contributed by atoms with E-state index in [4.69, 9.17) is 0 Å². The summed E-state index contributed by atoms with van der Waals surface area (Å²) in [6.45, 7) is 7.27. The second kappa shape index (κ2) is 11.6. The normalized spacial score (nSPS) is 14.2. The van der Waals surface area contributed by atoms with Crippen LogP contribution in [0.3, 0.4) is 0 Å². The molecule has 4 nitrogen and oxygen atoms in total. The number of amides is 2. The smallest absolute Gasteiger partial charge is 0.242 e. The first kappa shape index (κ1) is 24.4. The highest BCUT2D eigenvalue weighted by atomic mass is 32.1. The number of unbranched alkanes of at least 4 members (excludes halogenated alkanes) is 1. The fourth-order valence-electron chi connectivity index (χ4n) is 3.99. The molecule has 0 saturated heterocycles. The monoisotopic (exact) mass is 458 g/mol. The number of benzene rings is 1. The van der Waals surface area contributed by atoms with Gasteiger partial charge < -0.3 is 9.80 Å². The van der Waals surface area contributed by atoms with E-state index < -0.39 is 0 Å². The van der Waals surface area contributed by atoms with Crippen LogP contribution in [0.15, 0.2) is 35.7 Å². The molecule has 0 spiro atoms. The van der Waals surface area contributed by atoms with Crippen LogP contribution >= 0.6 is 11.3 Å². The van der Waals surface area contributed by atoms with Crippen molar-refractivity contribution in [3.63, 3.8) is 0 Å². The van der Waals surface area contributed by atoms with Crippen LogP contribution in [0.4, 0.5) is 4.39 Å². The number of hydrogen-bond donors (Lipinski definition) is 0. The average Bonchev–Trinajstić information content (AvgIpc) is 3.55. The standard InChI is InChI=1S/C26H35FN2O2S/c1-4-6-7-21(5-2)26(31)29(23-12-13-23)18-25(30)28(17-24-19(3)14-15-32-24)16-20-8-10-22(27)11-9-20/h8-11,14-15,21,23H,4-7,12-13,16-18H2,1-3H3. The molecule has 0 bridgehead atoms. The van der Waals surface area contributed by atoms with E-state index in [0.29, 0.717) is 13.1 Å². The molecule has 6 heteroatoms. The highest BCUT2D eigenvalue weighted by Crippen LogP contribution is 2.30. The summed E-state index contributed by atoms with van der Waals surface area (Å²) < 4.78 is 13.4. The maximum Gasteiger partial charge on any atom is 0.242 e. The van der Waals surface area contributed by atoms with Crippen LogP contribution in [-0.4, -0.2) is 34.2 Å². The van der Waals surface area contributed by atoms with Crippen molar-refractivity contribution in [3.05, 3.63) is 57.5 Å². The van der Waals surface area contributed by atoms with Gasteiger partial charge in [0.2, 0.25) is 11.8 Å². The molecule has 2 aromatic rings. The molecule has 1 aliphatic rings. The third kappa shape index (κ3) is 6.64. The Labute approximate surface area is 195 Å². The SMILES string of the molecule is CCCCC(CC)C(=O)N(CC(=O)N(Cc1ccc(F)cc1)Cc1sccc1C)C1CC1. The van der Waals surface area contributed by atoms with Gasteiger partial charge in [-0.05, 0) is 67.3 Å². The van der Waals surface area contributed by atoms with E-state index >= 15 is 0 Å². The van der Waals surface area contributed by atoms with Crippen LogP contribution in [0.25, 0.3) is 0 Å². The maximum atomic E-state index is 13.5. The second-order valence-electron chi connectivity index (χ2n) is 8.85. The molecule has 1 saturated carbocycles. The minimum Gasteiger partial charge on any atom is -0.332 e. The summed E-state index contributed by atoms with van der Waals surface area (Å²) in [4.78, 5) is 31.6. The van der Waals surface area contributed by atoms with Gasteiger partial charge in [0.1, 0.15) is 12.4 Å². The number of halogens is 1. The van der Waals surface area contributed by atoms with Crippen LogP contribution < -0.4 is 0 Å². The Bertz CT molecular complexity index is 891. The maximum absolute atomic E-state index is 13.5. The summed E-state index contributed by atoms with van der Waals surface area (Å²) in [6.07, 6.45) is 5.75. The van der Waals surface area contributed by atoms with Gasteiger partial charge in [0.05, 0.1) is 6.54 Å². The molecule has 1 heterocycles. The van der Waals surface area contributed by atoms with E-state index in [0.717, 1.165) is 54.5 Å². The first-order valence-electron chi connectivity index (χ1n) is 11.8. The largest absolute Gasteiger partial charge is 0.332 e. The number of rotatable bonds is 12. The zero-order valence-electron chi connectivity index (χ0n) is 19.5. The van der Waals surface area contributed by atoms with Gasteiger partial charge in [0.15, 0.2) is 0 Å². The first-order valence-corrected chi connectivity index (χ1v) is 12.7. The van der Waals surface area contributed by atoms with Crippen molar-refractivity contribution in [3.8, 4) is 0 Å². The quantitative estimate of drug-likeness (QED) is 0.395. The second-order valence-corrected chi connectivity index (χ2v) is 9.85. The van der Waals surface area contributed by atoms with Gasteiger partial charge in [-0.2, -0.15) is 0 Å². The Morgan fingerprint density at radius 1 is 1.12 bits per heavy atom. The molecule has 32 heavy (non-hydrogen) atoms. The molecule has 2 amide bonds. The number of nitrogens with zero attached hydrogens (tertiary/aromatic N) is 2. The lowest BCUT2D eigenvalue weighted by Crippen LogP contribution is -2.45. The Morgan fingerprint density at radius 2 is 1.84 bits per heavy atom. The van der Waals surface area contributed by atoms with E-state index in [1.165, 1.54) is 12.1 Å². The van der Waals surface area contributed by atoms with Gasteiger partial charge in [-0.15, -0.1) is 11.3 Å². The predicted molar refractivity (Wildman–Crippen MR) is 128 cm³/mol. The molecule has 1 aromatic heterocycles. The molecule has 1 aromatic carbocycles. The van der Waals surface area contributed by atoms with Crippen molar-refractivity contribution in [2.75, 3.05) is 6.54 Å². The molecule has 174 valence electrons. The minimum absolute atomic E-state index is 0.00608. The van der Waals surface area contributed by atoms with Crippen LogP contribution in [0, 0.1) is 18.7 Å². The molecule has 1 unspecified atom stereocenters. The zero-order chi connectivity index (χ0) is 23.1. The summed E-state index contributed by atoms with van der Waals surface area (Å²) in [7, 11) is 0. The summed E-state index contributed by atoms with van der Waals surface area (Å²) in [6, 6.07) is 8.54. The fraction of sp³-hybridized carbons (Fsp3) is 0.538. The summed E-state index contributed by atoms with van der Waals surface area (Å²) in [5.74, 6) is -0.212. The third-order valence-electron chi connectivity index (χ3n) is 6.27. The van der Waals surface area contributed by atoms with Gasteiger partial charge >= 0.3 is 0 Å². The van der Waals surface area contributed by atoms with Crippen molar-refractivity contribution in [1.82, 2.24) is 9.80 Å². The van der Waals surface area contributed by atoms with Crippen molar-refractivity contribution in [2.45, 2.75) is 78.4 Å². The van der Waals surface area contributed by atoms with Crippen LogP contribution in [-0.2, 0) is 22.7 Å². The highest BCUT2D eigenvalue weighted by Gasteiger charge is 2.37. The number of carbonyl (C=O) groups is 2. The van der Waals surface area contributed by atoms with Crippen LogP contribution in [0.1, 0.15) is 68.4 Å². The van der Waals surface area contributed by atoms with Gasteiger partial charge in [-0.1, -0.05) is 38.8 Å². The topological polar surface area (TPSA) is 40.6 Å². The third-order valence-corrected chi connectivity index (χ3v) is 7.27. The minimum atomic E-state index is -0.288. The Kier molecular flexibility index (Phi) is 8.85. The van der Waals surface area contributed by atoms with Gasteiger partial charge in [-0.3, -0.25) is 9.59 Å². The fourth-order valence-corrected chi connectivity index (χ4v) is 4.91. The molecule has 0 N–H and O–H groups in total. The average molecular weight is 459 g/mol. The number of aryl methyl sites for hydroxylation is 1. The van der Waals surface area contributed by atoms with Gasteiger partial charge in [-0.25, -0.2) is 4.39 Å². The number of thiophene rings is 1. The summed E-state index contributed by atoms with van der Waals surface area (Å²) in [5.41, 5.74) is 2.04. The number of hydrogen-bond acceptors (Lipinski definition) is 3. The van der Waals surface area contributed by atoms with E-state index in [1.54, 1.807) is 23.5 Å². The van der Waals surface area contributed by atoms with E-state index in [2.05, 4.69) is 19.9 Å². The van der Waals surface area contributed by atoms with E-state index in [-0.39, 0.29) is 36.1 Å². The molecule has 1 fully saturated rings. The summed E-state index contributed by atoms with van der Waals surface area (Å²) in [5, 5.41) is 2.03. The Morgan fingerprint density at radius 3 is 2.41 bits per heavy atom. The van der Waals surface area contributed by atoms with Crippen molar-refractivity contribution < 1.29 is 14.0 Å².